The first-order valence-corrected chi connectivity index (χ1v) is 11.3. The molecule has 3 aliphatic heterocycles. The van der Waals surface area contributed by atoms with E-state index in [4.69, 9.17) is 0 Å². The maximum atomic E-state index is 13.0. The molecule has 9 heteroatoms. The van der Waals surface area contributed by atoms with E-state index in [0.29, 0.717) is 52.2 Å². The van der Waals surface area contributed by atoms with Crippen molar-refractivity contribution in [2.75, 3.05) is 45.8 Å². The monoisotopic (exact) mass is 400 g/mol. The highest BCUT2D eigenvalue weighted by atomic mass is 32.2. The fourth-order valence-electron chi connectivity index (χ4n) is 4.21. The second-order valence-corrected chi connectivity index (χ2v) is 10.7. The first-order valence-electron chi connectivity index (χ1n) is 9.95. The Labute approximate surface area is 162 Å². The van der Waals surface area contributed by atoms with Crippen LogP contribution in [0.5, 0.6) is 0 Å². The summed E-state index contributed by atoms with van der Waals surface area (Å²) in [7, 11) is -3.42. The molecule has 3 aliphatic rings. The van der Waals surface area contributed by atoms with E-state index in [9.17, 15) is 18.0 Å². The average Bonchev–Trinajstić information content (AvgIpc) is 3.18. The van der Waals surface area contributed by atoms with Gasteiger partial charge in [0.25, 0.3) is 10.2 Å². The molecular formula is C18H32N4O4S. The number of nitrogens with zero attached hydrogens (tertiary/aromatic N) is 4. The molecule has 0 N–H and O–H groups in total. The maximum absolute atomic E-state index is 13.0. The largest absolute Gasteiger partial charge is 0.341 e. The number of rotatable bonds is 3. The van der Waals surface area contributed by atoms with Crippen molar-refractivity contribution in [2.24, 2.45) is 5.92 Å². The van der Waals surface area contributed by atoms with Crippen molar-refractivity contribution in [1.29, 1.82) is 0 Å². The normalized spacial score (nSPS) is 26.6. The highest BCUT2D eigenvalue weighted by Gasteiger charge is 2.41. The quantitative estimate of drug-likeness (QED) is 0.691. The zero-order chi connectivity index (χ0) is 19.8. The molecule has 8 nitrogen and oxygen atoms in total. The van der Waals surface area contributed by atoms with Gasteiger partial charge in [0, 0.05) is 57.8 Å². The van der Waals surface area contributed by atoms with Gasteiger partial charge in [-0.15, -0.1) is 0 Å². The van der Waals surface area contributed by atoms with Crippen LogP contribution in [0.2, 0.25) is 0 Å². The van der Waals surface area contributed by atoms with E-state index in [1.165, 1.54) is 4.31 Å². The molecule has 0 aromatic rings. The molecule has 3 fully saturated rings. The van der Waals surface area contributed by atoms with Crippen LogP contribution in [-0.4, -0.2) is 90.0 Å². The van der Waals surface area contributed by atoms with Gasteiger partial charge in [-0.25, -0.2) is 0 Å². The molecule has 0 aromatic heterocycles. The van der Waals surface area contributed by atoms with Gasteiger partial charge in [0.15, 0.2) is 0 Å². The Morgan fingerprint density at radius 3 is 2.11 bits per heavy atom. The van der Waals surface area contributed by atoms with Gasteiger partial charge < -0.3 is 9.80 Å². The van der Waals surface area contributed by atoms with Crippen LogP contribution in [0.25, 0.3) is 0 Å². The Hall–Kier alpha value is -1.19. The van der Waals surface area contributed by atoms with Crippen LogP contribution in [0.4, 0.5) is 0 Å². The minimum absolute atomic E-state index is 0.0180. The molecule has 0 spiro atoms. The van der Waals surface area contributed by atoms with Crippen LogP contribution in [0.3, 0.4) is 0 Å². The lowest BCUT2D eigenvalue weighted by Crippen LogP contribution is -2.45. The SMILES string of the molecule is CC(C)(C)N1CC(C(=O)N2CCCN(S(=O)(=O)N3CCCC3)CC2)CC1=O. The van der Waals surface area contributed by atoms with Crippen molar-refractivity contribution in [3.8, 4) is 0 Å². The van der Waals surface area contributed by atoms with E-state index in [1.54, 1.807) is 14.1 Å². The van der Waals surface area contributed by atoms with Gasteiger partial charge in [-0.2, -0.15) is 17.0 Å². The molecule has 0 aliphatic carbocycles. The highest BCUT2D eigenvalue weighted by molar-refractivity contribution is 7.86. The van der Waals surface area contributed by atoms with E-state index in [1.807, 2.05) is 20.8 Å². The number of amides is 2. The predicted octanol–water partition coefficient (Wildman–Crippen LogP) is 0.508. The summed E-state index contributed by atoms with van der Waals surface area (Å²) < 4.78 is 28.6. The Morgan fingerprint density at radius 2 is 1.52 bits per heavy atom. The first-order chi connectivity index (χ1) is 12.6. The summed E-state index contributed by atoms with van der Waals surface area (Å²) in [6.45, 7) is 9.28. The van der Waals surface area contributed by atoms with Crippen molar-refractivity contribution in [3.05, 3.63) is 0 Å². The summed E-state index contributed by atoms with van der Waals surface area (Å²) >= 11 is 0. The third kappa shape index (κ3) is 4.30. The Kier molecular flexibility index (Phi) is 5.84. The average molecular weight is 401 g/mol. The lowest BCUT2D eigenvalue weighted by atomic mass is 10.1. The van der Waals surface area contributed by atoms with Gasteiger partial charge in [0.1, 0.15) is 0 Å². The minimum Gasteiger partial charge on any atom is -0.341 e. The minimum atomic E-state index is -3.42. The zero-order valence-corrected chi connectivity index (χ0v) is 17.5. The lowest BCUT2D eigenvalue weighted by molar-refractivity contribution is -0.135. The molecule has 0 radical (unpaired) electrons. The van der Waals surface area contributed by atoms with Crippen molar-refractivity contribution in [1.82, 2.24) is 18.4 Å². The van der Waals surface area contributed by atoms with Crippen LogP contribution in [0.1, 0.15) is 46.5 Å². The molecule has 0 aromatic carbocycles. The molecule has 0 saturated carbocycles. The van der Waals surface area contributed by atoms with Gasteiger partial charge in [0.05, 0.1) is 5.92 Å². The molecule has 1 atom stereocenters. The van der Waals surface area contributed by atoms with E-state index >= 15 is 0 Å². The number of carbonyl (C=O) groups excluding carboxylic acids is 2. The smallest absolute Gasteiger partial charge is 0.282 e. The van der Waals surface area contributed by atoms with E-state index in [-0.39, 0.29) is 29.7 Å². The second-order valence-electron chi connectivity index (χ2n) is 8.77. The number of hydrogen-bond donors (Lipinski definition) is 0. The molecular weight excluding hydrogens is 368 g/mol. The number of likely N-dealkylation sites (tertiary alicyclic amines) is 1. The van der Waals surface area contributed by atoms with Crippen molar-refractivity contribution >= 4 is 22.0 Å². The second kappa shape index (κ2) is 7.67. The van der Waals surface area contributed by atoms with Gasteiger partial charge in [-0.3, -0.25) is 9.59 Å². The molecule has 154 valence electrons. The van der Waals surface area contributed by atoms with Crippen LogP contribution in [-0.2, 0) is 19.8 Å². The fraction of sp³-hybridized carbons (Fsp3) is 0.889. The Balaban J connectivity index is 1.61. The van der Waals surface area contributed by atoms with Crippen LogP contribution >= 0.6 is 0 Å². The summed E-state index contributed by atoms with van der Waals surface area (Å²) in [6.07, 6.45) is 2.71. The van der Waals surface area contributed by atoms with E-state index in [2.05, 4.69) is 0 Å². The highest BCUT2D eigenvalue weighted by Crippen LogP contribution is 2.27. The number of carbonyl (C=O) groups is 2. The van der Waals surface area contributed by atoms with Crippen molar-refractivity contribution in [2.45, 2.75) is 52.0 Å². The van der Waals surface area contributed by atoms with Gasteiger partial charge in [0.2, 0.25) is 11.8 Å². The van der Waals surface area contributed by atoms with Crippen LogP contribution in [0.15, 0.2) is 0 Å². The van der Waals surface area contributed by atoms with Crippen molar-refractivity contribution < 1.29 is 18.0 Å². The predicted molar refractivity (Wildman–Crippen MR) is 102 cm³/mol. The standard InChI is InChI=1S/C18H32N4O4S/c1-18(2,3)22-14-15(13-16(22)23)17(24)19-7-6-10-21(12-11-19)27(25,26)20-8-4-5-9-20/h15H,4-14H2,1-3H3. The summed E-state index contributed by atoms with van der Waals surface area (Å²) in [4.78, 5) is 28.8. The van der Waals surface area contributed by atoms with Crippen LogP contribution < -0.4 is 0 Å². The molecule has 3 heterocycles. The molecule has 3 saturated heterocycles. The first kappa shape index (κ1) is 20.5. The van der Waals surface area contributed by atoms with Gasteiger partial charge in [-0.1, -0.05) is 0 Å². The summed E-state index contributed by atoms with van der Waals surface area (Å²) in [5, 5.41) is 0. The third-order valence-electron chi connectivity index (χ3n) is 5.77. The molecule has 2 amide bonds. The Morgan fingerprint density at radius 1 is 0.926 bits per heavy atom. The molecule has 0 bridgehead atoms. The summed E-state index contributed by atoms with van der Waals surface area (Å²) in [5.41, 5.74) is -0.286. The molecule has 1 unspecified atom stereocenters. The maximum Gasteiger partial charge on any atom is 0.282 e. The summed E-state index contributed by atoms with van der Waals surface area (Å²) in [5.74, 6) is -0.317. The van der Waals surface area contributed by atoms with Gasteiger partial charge in [-0.05, 0) is 40.0 Å². The van der Waals surface area contributed by atoms with E-state index in [0.717, 1.165) is 12.8 Å². The molecule has 3 rings (SSSR count). The number of hydrogen-bond acceptors (Lipinski definition) is 4. The topological polar surface area (TPSA) is 81.2 Å². The lowest BCUT2D eigenvalue weighted by Gasteiger charge is -2.32. The van der Waals surface area contributed by atoms with Crippen LogP contribution in [0, 0.1) is 5.92 Å². The van der Waals surface area contributed by atoms with Gasteiger partial charge >= 0.3 is 0 Å². The zero-order valence-electron chi connectivity index (χ0n) is 16.7. The van der Waals surface area contributed by atoms with E-state index < -0.39 is 10.2 Å². The Bertz CT molecular complexity index is 682. The fourth-order valence-corrected chi connectivity index (χ4v) is 5.92. The molecule has 27 heavy (non-hydrogen) atoms. The third-order valence-corrected chi connectivity index (χ3v) is 7.80. The summed E-state index contributed by atoms with van der Waals surface area (Å²) in [6, 6.07) is 0. The van der Waals surface area contributed by atoms with Crippen molar-refractivity contribution in [3.63, 3.8) is 0 Å².